The fourth-order valence-corrected chi connectivity index (χ4v) is 3.59. The summed E-state index contributed by atoms with van der Waals surface area (Å²) in [6, 6.07) is 0.220. The minimum atomic E-state index is -3.49. The average molecular weight is 286 g/mol. The van der Waals surface area contributed by atoms with Crippen LogP contribution in [0.5, 0.6) is 0 Å². The third-order valence-electron chi connectivity index (χ3n) is 3.70. The highest BCUT2D eigenvalue weighted by atomic mass is 32.2. The molecule has 2 heterocycles. The molecule has 0 aliphatic carbocycles. The average Bonchev–Trinajstić information content (AvgIpc) is 2.84. The Morgan fingerprint density at radius 3 is 3.00 bits per heavy atom. The van der Waals surface area contributed by atoms with E-state index in [1.54, 1.807) is 11.6 Å². The fourth-order valence-electron chi connectivity index (χ4n) is 2.55. The van der Waals surface area contributed by atoms with Gasteiger partial charge in [0.15, 0.2) is 5.03 Å². The van der Waals surface area contributed by atoms with Gasteiger partial charge in [0.1, 0.15) is 0 Å². The maximum Gasteiger partial charge on any atom is 0.259 e. The fraction of sp³-hybridized carbons (Fsp3) is 0.750. The van der Waals surface area contributed by atoms with Crippen molar-refractivity contribution >= 4 is 10.0 Å². The molecule has 1 aliphatic rings. The second kappa shape index (κ2) is 6.02. The summed E-state index contributed by atoms with van der Waals surface area (Å²) < 4.78 is 28.4. The van der Waals surface area contributed by atoms with Crippen LogP contribution in [0, 0.1) is 5.92 Å². The SMILES string of the molecule is CCC1CCCNC1CNS(=O)(=O)c1cn(C)cn1. The summed E-state index contributed by atoms with van der Waals surface area (Å²) in [6.45, 7) is 3.54. The number of hydrogen-bond acceptors (Lipinski definition) is 4. The third kappa shape index (κ3) is 3.55. The van der Waals surface area contributed by atoms with Gasteiger partial charge in [0, 0.05) is 25.8 Å². The first-order valence-corrected chi connectivity index (χ1v) is 8.22. The zero-order valence-electron chi connectivity index (χ0n) is 11.5. The van der Waals surface area contributed by atoms with Gasteiger partial charge in [0.2, 0.25) is 0 Å². The molecule has 0 bridgehead atoms. The smallest absolute Gasteiger partial charge is 0.259 e. The van der Waals surface area contributed by atoms with Gasteiger partial charge in [-0.15, -0.1) is 0 Å². The molecule has 2 N–H and O–H groups in total. The zero-order chi connectivity index (χ0) is 13.9. The van der Waals surface area contributed by atoms with Crippen LogP contribution in [0.3, 0.4) is 0 Å². The summed E-state index contributed by atoms with van der Waals surface area (Å²) >= 11 is 0. The van der Waals surface area contributed by atoms with Crippen LogP contribution < -0.4 is 10.0 Å². The number of sulfonamides is 1. The van der Waals surface area contributed by atoms with Crippen molar-refractivity contribution in [2.45, 2.75) is 37.3 Å². The lowest BCUT2D eigenvalue weighted by Gasteiger charge is -2.32. The van der Waals surface area contributed by atoms with Crippen molar-refractivity contribution in [3.8, 4) is 0 Å². The van der Waals surface area contributed by atoms with Gasteiger partial charge >= 0.3 is 0 Å². The van der Waals surface area contributed by atoms with Crippen LogP contribution in [-0.4, -0.2) is 37.1 Å². The van der Waals surface area contributed by atoms with E-state index in [9.17, 15) is 8.42 Å². The van der Waals surface area contributed by atoms with Crippen LogP contribution in [0.1, 0.15) is 26.2 Å². The number of rotatable bonds is 5. The van der Waals surface area contributed by atoms with E-state index in [1.807, 2.05) is 0 Å². The van der Waals surface area contributed by atoms with E-state index in [0.29, 0.717) is 12.5 Å². The molecule has 0 spiro atoms. The monoisotopic (exact) mass is 286 g/mol. The molecule has 108 valence electrons. The lowest BCUT2D eigenvalue weighted by molar-refractivity contribution is 0.273. The maximum atomic E-state index is 12.1. The molecule has 19 heavy (non-hydrogen) atoms. The van der Waals surface area contributed by atoms with Gasteiger partial charge in [-0.1, -0.05) is 13.3 Å². The Labute approximate surface area is 114 Å². The first kappa shape index (κ1) is 14.5. The van der Waals surface area contributed by atoms with Crippen LogP contribution in [0.25, 0.3) is 0 Å². The van der Waals surface area contributed by atoms with Gasteiger partial charge in [0.25, 0.3) is 10.0 Å². The summed E-state index contributed by atoms with van der Waals surface area (Å²) in [5, 5.41) is 3.48. The van der Waals surface area contributed by atoms with Crippen molar-refractivity contribution in [3.63, 3.8) is 0 Å². The molecule has 0 radical (unpaired) electrons. The van der Waals surface area contributed by atoms with Gasteiger partial charge in [-0.25, -0.2) is 18.1 Å². The number of imidazole rings is 1. The molecule has 1 saturated heterocycles. The molecule has 2 atom stereocenters. The molecule has 7 heteroatoms. The molecular weight excluding hydrogens is 264 g/mol. The van der Waals surface area contributed by atoms with E-state index in [2.05, 4.69) is 21.9 Å². The summed E-state index contributed by atoms with van der Waals surface area (Å²) in [4.78, 5) is 3.88. The Bertz CT molecular complexity index is 512. The van der Waals surface area contributed by atoms with Crippen molar-refractivity contribution in [2.24, 2.45) is 13.0 Å². The molecule has 0 aromatic carbocycles. The van der Waals surface area contributed by atoms with Crippen molar-refractivity contribution in [2.75, 3.05) is 13.1 Å². The highest BCUT2D eigenvalue weighted by Crippen LogP contribution is 2.19. The molecule has 0 saturated carbocycles. The highest BCUT2D eigenvalue weighted by molar-refractivity contribution is 7.89. The van der Waals surface area contributed by atoms with Gasteiger partial charge in [-0.2, -0.15) is 0 Å². The van der Waals surface area contributed by atoms with Crippen LogP contribution in [0.15, 0.2) is 17.6 Å². The predicted octanol–water partition coefficient (Wildman–Crippen LogP) is 0.477. The maximum absolute atomic E-state index is 12.1. The molecule has 2 unspecified atom stereocenters. The summed E-state index contributed by atoms with van der Waals surface area (Å²) in [5.74, 6) is 0.542. The number of aromatic nitrogens is 2. The number of nitrogens with one attached hydrogen (secondary N) is 2. The largest absolute Gasteiger partial charge is 0.339 e. The minimum Gasteiger partial charge on any atom is -0.339 e. The van der Waals surface area contributed by atoms with Gasteiger partial charge in [-0.05, 0) is 25.3 Å². The van der Waals surface area contributed by atoms with Gasteiger partial charge < -0.3 is 9.88 Å². The normalized spacial score (nSPS) is 24.5. The van der Waals surface area contributed by atoms with Crippen molar-refractivity contribution < 1.29 is 8.42 Å². The number of hydrogen-bond donors (Lipinski definition) is 2. The van der Waals surface area contributed by atoms with Crippen LogP contribution in [-0.2, 0) is 17.1 Å². The minimum absolute atomic E-state index is 0.0823. The van der Waals surface area contributed by atoms with E-state index in [1.165, 1.54) is 25.4 Å². The predicted molar refractivity (Wildman–Crippen MR) is 73.2 cm³/mol. The van der Waals surface area contributed by atoms with Gasteiger partial charge in [-0.3, -0.25) is 0 Å². The summed E-state index contributed by atoms with van der Waals surface area (Å²) in [6.07, 6.45) is 6.40. The summed E-state index contributed by atoms with van der Waals surface area (Å²) in [5.41, 5.74) is 0. The third-order valence-corrected chi connectivity index (χ3v) is 5.01. The topological polar surface area (TPSA) is 76.0 Å². The molecule has 6 nitrogen and oxygen atoms in total. The quantitative estimate of drug-likeness (QED) is 0.825. The molecule has 0 amide bonds. The van der Waals surface area contributed by atoms with E-state index < -0.39 is 10.0 Å². The van der Waals surface area contributed by atoms with E-state index in [4.69, 9.17) is 0 Å². The highest BCUT2D eigenvalue weighted by Gasteiger charge is 2.25. The van der Waals surface area contributed by atoms with E-state index >= 15 is 0 Å². The molecule has 1 aromatic heterocycles. The van der Waals surface area contributed by atoms with Gasteiger partial charge in [0.05, 0.1) is 6.33 Å². The van der Waals surface area contributed by atoms with Crippen LogP contribution >= 0.6 is 0 Å². The molecule has 2 rings (SSSR count). The Kier molecular flexibility index (Phi) is 4.59. The van der Waals surface area contributed by atoms with E-state index in [-0.39, 0.29) is 11.1 Å². The molecule has 1 fully saturated rings. The van der Waals surface area contributed by atoms with Crippen molar-refractivity contribution in [1.82, 2.24) is 19.6 Å². The standard InChI is InChI=1S/C12H22N4O2S/c1-3-10-5-4-6-13-11(10)7-15-19(17,18)12-8-16(2)9-14-12/h8-11,13,15H,3-7H2,1-2H3. The Hall–Kier alpha value is -0.920. The van der Waals surface area contributed by atoms with Crippen molar-refractivity contribution in [1.29, 1.82) is 0 Å². The van der Waals surface area contributed by atoms with E-state index in [0.717, 1.165) is 13.0 Å². The van der Waals surface area contributed by atoms with Crippen molar-refractivity contribution in [3.05, 3.63) is 12.5 Å². The second-order valence-corrected chi connectivity index (χ2v) is 6.81. The Morgan fingerprint density at radius 2 is 2.37 bits per heavy atom. The first-order chi connectivity index (χ1) is 9.03. The lowest BCUT2D eigenvalue weighted by Crippen LogP contribution is -2.48. The molecule has 1 aliphatic heterocycles. The van der Waals surface area contributed by atoms with Crippen LogP contribution in [0.4, 0.5) is 0 Å². The number of piperidine rings is 1. The zero-order valence-corrected chi connectivity index (χ0v) is 12.3. The first-order valence-electron chi connectivity index (χ1n) is 6.74. The molecule has 1 aromatic rings. The lowest BCUT2D eigenvalue weighted by atomic mass is 9.89. The Balaban J connectivity index is 1.97. The number of nitrogens with zero attached hydrogens (tertiary/aromatic N) is 2. The second-order valence-electron chi connectivity index (χ2n) is 5.10. The molecular formula is C12H22N4O2S. The Morgan fingerprint density at radius 1 is 1.58 bits per heavy atom. The number of aryl methyl sites for hydroxylation is 1. The summed E-state index contributed by atoms with van der Waals surface area (Å²) in [7, 11) is -1.74. The van der Waals surface area contributed by atoms with Crippen LogP contribution in [0.2, 0.25) is 0 Å².